The lowest BCUT2D eigenvalue weighted by molar-refractivity contribution is -0.149. The molecular weight excluding hydrogens is 370 g/mol. The summed E-state index contributed by atoms with van der Waals surface area (Å²) in [5, 5.41) is 2.82. The minimum Gasteiger partial charge on any atom is -0.490 e. The number of para-hydroxylation sites is 2. The van der Waals surface area contributed by atoms with Gasteiger partial charge in [-0.1, -0.05) is 37.3 Å². The Morgan fingerprint density at radius 3 is 2.69 bits per heavy atom. The normalized spacial score (nSPS) is 13.4. The van der Waals surface area contributed by atoms with Gasteiger partial charge in [-0.15, -0.1) is 0 Å². The first-order chi connectivity index (χ1) is 14.0. The molecule has 2 aromatic rings. The van der Waals surface area contributed by atoms with Crippen molar-refractivity contribution in [3.8, 4) is 11.5 Å². The van der Waals surface area contributed by atoms with E-state index in [4.69, 9.17) is 14.2 Å². The van der Waals surface area contributed by atoms with Crippen LogP contribution in [0.4, 0.5) is 5.69 Å². The number of carbonyl (C=O) groups is 2. The molecule has 29 heavy (non-hydrogen) atoms. The van der Waals surface area contributed by atoms with E-state index in [2.05, 4.69) is 5.32 Å². The average molecular weight is 395 g/mol. The molecule has 1 aliphatic heterocycles. The van der Waals surface area contributed by atoms with Crippen LogP contribution in [0, 0.1) is 0 Å². The topological polar surface area (TPSA) is 73.9 Å². The van der Waals surface area contributed by atoms with Crippen molar-refractivity contribution >= 4 is 23.6 Å². The van der Waals surface area contributed by atoms with Gasteiger partial charge in [0.25, 0.3) is 5.91 Å². The summed E-state index contributed by atoms with van der Waals surface area (Å²) in [5.41, 5.74) is 2.83. The molecule has 1 heterocycles. The van der Waals surface area contributed by atoms with Crippen LogP contribution >= 0.6 is 0 Å². The molecule has 1 unspecified atom stereocenters. The molecule has 0 radical (unpaired) electrons. The highest BCUT2D eigenvalue weighted by molar-refractivity contribution is 5.99. The molecule has 1 amide bonds. The maximum atomic E-state index is 12.5. The van der Waals surface area contributed by atoms with E-state index in [1.165, 1.54) is 0 Å². The highest BCUT2D eigenvalue weighted by Crippen LogP contribution is 2.36. The zero-order chi connectivity index (χ0) is 20.8. The van der Waals surface area contributed by atoms with Crippen molar-refractivity contribution in [3.63, 3.8) is 0 Å². The number of aryl methyl sites for hydroxylation is 1. The number of nitrogens with one attached hydrogen (secondary N) is 1. The maximum Gasteiger partial charge on any atom is 0.338 e. The van der Waals surface area contributed by atoms with E-state index >= 15 is 0 Å². The Kier molecular flexibility index (Phi) is 6.54. The van der Waals surface area contributed by atoms with Crippen molar-refractivity contribution in [1.29, 1.82) is 0 Å². The molecule has 0 aliphatic carbocycles. The summed E-state index contributed by atoms with van der Waals surface area (Å²) < 4.78 is 16.6. The van der Waals surface area contributed by atoms with Gasteiger partial charge in [0, 0.05) is 11.3 Å². The third-order valence-corrected chi connectivity index (χ3v) is 4.58. The highest BCUT2D eigenvalue weighted by Gasteiger charge is 2.25. The summed E-state index contributed by atoms with van der Waals surface area (Å²) >= 11 is 0. The fourth-order valence-corrected chi connectivity index (χ4v) is 3.04. The van der Waals surface area contributed by atoms with Crippen LogP contribution in [0.25, 0.3) is 6.08 Å². The molecule has 6 heteroatoms. The summed E-state index contributed by atoms with van der Waals surface area (Å²) in [7, 11) is 0. The zero-order valence-electron chi connectivity index (χ0n) is 16.9. The van der Waals surface area contributed by atoms with Crippen LogP contribution < -0.4 is 14.8 Å². The fourth-order valence-electron chi connectivity index (χ4n) is 3.04. The van der Waals surface area contributed by atoms with Gasteiger partial charge in [0.15, 0.2) is 17.6 Å². The molecule has 0 saturated carbocycles. The van der Waals surface area contributed by atoms with Gasteiger partial charge in [0.1, 0.15) is 6.61 Å². The number of amides is 1. The Labute approximate surface area is 170 Å². The Hall–Kier alpha value is -3.28. The van der Waals surface area contributed by atoms with Crippen LogP contribution in [0.2, 0.25) is 0 Å². The van der Waals surface area contributed by atoms with Gasteiger partial charge in [-0.05, 0) is 44.0 Å². The van der Waals surface area contributed by atoms with Crippen LogP contribution in [0.3, 0.4) is 0 Å². The second-order valence-electron chi connectivity index (χ2n) is 6.61. The number of esters is 1. The number of hydrogen-bond donors (Lipinski definition) is 1. The summed E-state index contributed by atoms with van der Waals surface area (Å²) in [6.07, 6.45) is 1.56. The number of hydrogen-bond acceptors (Lipinski definition) is 5. The van der Waals surface area contributed by atoms with Gasteiger partial charge in [0.2, 0.25) is 0 Å². The minimum atomic E-state index is -0.940. The highest BCUT2D eigenvalue weighted by atomic mass is 16.6. The number of fused-ring (bicyclic) bond motifs is 1. The predicted octanol–water partition coefficient (Wildman–Crippen LogP) is 3.99. The number of anilines is 1. The van der Waals surface area contributed by atoms with Crippen LogP contribution in [0.15, 0.2) is 48.0 Å². The molecule has 1 aliphatic rings. The molecule has 2 aromatic carbocycles. The van der Waals surface area contributed by atoms with Gasteiger partial charge in [-0.3, -0.25) is 4.79 Å². The summed E-state index contributed by atoms with van der Waals surface area (Å²) in [4.78, 5) is 25.0. The van der Waals surface area contributed by atoms with Crippen molar-refractivity contribution in [2.24, 2.45) is 0 Å². The van der Waals surface area contributed by atoms with Gasteiger partial charge < -0.3 is 19.5 Å². The first-order valence-corrected chi connectivity index (χ1v) is 9.72. The Bertz CT molecular complexity index is 935. The van der Waals surface area contributed by atoms with Crippen molar-refractivity contribution in [1.82, 2.24) is 0 Å². The molecule has 0 saturated heterocycles. The third kappa shape index (κ3) is 4.77. The van der Waals surface area contributed by atoms with Gasteiger partial charge >= 0.3 is 5.97 Å². The standard InChI is InChI=1S/C23H25NO5/c1-4-16-9-6-7-11-19(16)24-22(25)15(3)29-23(26)18-13-17-10-8-12-20(27-5-2)21(17)28-14-18/h6-13,15H,4-5,14H2,1-3H3,(H,24,25). The minimum absolute atomic E-state index is 0.0585. The molecule has 3 rings (SSSR count). The molecule has 0 fully saturated rings. The first kappa shape index (κ1) is 20.5. The molecule has 0 spiro atoms. The van der Waals surface area contributed by atoms with E-state index in [1.807, 2.05) is 56.3 Å². The van der Waals surface area contributed by atoms with E-state index in [9.17, 15) is 9.59 Å². The molecule has 0 bridgehead atoms. The third-order valence-electron chi connectivity index (χ3n) is 4.58. The van der Waals surface area contributed by atoms with Crippen LogP contribution in [-0.2, 0) is 20.7 Å². The van der Waals surface area contributed by atoms with Gasteiger partial charge in [0.05, 0.1) is 12.2 Å². The van der Waals surface area contributed by atoms with Crippen molar-refractivity contribution < 1.29 is 23.8 Å². The molecule has 152 valence electrons. The lowest BCUT2D eigenvalue weighted by Gasteiger charge is -2.21. The number of ether oxygens (including phenoxy) is 3. The Morgan fingerprint density at radius 2 is 1.93 bits per heavy atom. The summed E-state index contributed by atoms with van der Waals surface area (Å²) in [6.45, 7) is 6.04. The zero-order valence-corrected chi connectivity index (χ0v) is 16.9. The lowest BCUT2D eigenvalue weighted by atomic mass is 10.1. The van der Waals surface area contributed by atoms with E-state index in [-0.39, 0.29) is 12.5 Å². The second-order valence-corrected chi connectivity index (χ2v) is 6.61. The molecule has 1 atom stereocenters. The second kappa shape index (κ2) is 9.28. The van der Waals surface area contributed by atoms with Gasteiger partial charge in [-0.2, -0.15) is 0 Å². The fraction of sp³-hybridized carbons (Fsp3) is 0.304. The largest absolute Gasteiger partial charge is 0.490 e. The van der Waals surface area contributed by atoms with Crippen LogP contribution in [-0.4, -0.2) is 31.2 Å². The van der Waals surface area contributed by atoms with E-state index in [0.717, 1.165) is 23.2 Å². The SMILES string of the molecule is CCOc1cccc2c1OCC(C(=O)OC(C)C(=O)Nc1ccccc1CC)=C2. The molecule has 1 N–H and O–H groups in total. The quantitative estimate of drug-likeness (QED) is 0.718. The van der Waals surface area contributed by atoms with Crippen LogP contribution in [0.1, 0.15) is 31.9 Å². The van der Waals surface area contributed by atoms with Crippen LogP contribution in [0.5, 0.6) is 11.5 Å². The Balaban J connectivity index is 1.67. The number of benzene rings is 2. The van der Waals surface area contributed by atoms with Crippen molar-refractivity contribution in [2.45, 2.75) is 33.3 Å². The molecule has 0 aromatic heterocycles. The molecular formula is C23H25NO5. The summed E-state index contributed by atoms with van der Waals surface area (Å²) in [6, 6.07) is 13.0. The first-order valence-electron chi connectivity index (χ1n) is 9.72. The van der Waals surface area contributed by atoms with Gasteiger partial charge in [-0.25, -0.2) is 4.79 Å². The van der Waals surface area contributed by atoms with Crippen molar-refractivity contribution in [2.75, 3.05) is 18.5 Å². The maximum absolute atomic E-state index is 12.5. The van der Waals surface area contributed by atoms with E-state index in [0.29, 0.717) is 23.7 Å². The van der Waals surface area contributed by atoms with E-state index < -0.39 is 12.1 Å². The van der Waals surface area contributed by atoms with Crippen molar-refractivity contribution in [3.05, 3.63) is 59.2 Å². The average Bonchev–Trinajstić information content (AvgIpc) is 2.74. The Morgan fingerprint density at radius 1 is 1.14 bits per heavy atom. The predicted molar refractivity (Wildman–Crippen MR) is 111 cm³/mol. The number of rotatable bonds is 7. The number of carbonyl (C=O) groups excluding carboxylic acids is 2. The lowest BCUT2D eigenvalue weighted by Crippen LogP contribution is -2.31. The smallest absolute Gasteiger partial charge is 0.338 e. The summed E-state index contributed by atoms with van der Waals surface area (Å²) in [5.74, 6) is 0.281. The molecule has 6 nitrogen and oxygen atoms in total. The van der Waals surface area contributed by atoms with E-state index in [1.54, 1.807) is 13.0 Å². The monoisotopic (exact) mass is 395 g/mol.